The molecule has 1 aromatic carbocycles. The molecule has 0 spiro atoms. The molecule has 1 aliphatic carbocycles. The second kappa shape index (κ2) is 4.77. The van der Waals surface area contributed by atoms with Crippen LogP contribution < -0.4 is 5.32 Å². The number of alkyl halides is 3. The van der Waals surface area contributed by atoms with Crippen LogP contribution in [0.1, 0.15) is 12.0 Å². The Morgan fingerprint density at radius 1 is 1.30 bits per heavy atom. The van der Waals surface area contributed by atoms with Crippen molar-refractivity contribution in [1.29, 1.82) is 0 Å². The summed E-state index contributed by atoms with van der Waals surface area (Å²) in [4.78, 5) is 11.8. The molecule has 0 unspecified atom stereocenters. The van der Waals surface area contributed by atoms with Gasteiger partial charge in [0.1, 0.15) is 12.6 Å². The number of carbonyl (C=O) groups is 1. The van der Waals surface area contributed by atoms with Crippen molar-refractivity contribution >= 4 is 5.97 Å². The van der Waals surface area contributed by atoms with E-state index >= 15 is 0 Å². The molecule has 0 aromatic heterocycles. The van der Waals surface area contributed by atoms with Gasteiger partial charge in [-0.3, -0.25) is 4.79 Å². The molecular weight excluding hydrogens is 271 g/mol. The Morgan fingerprint density at radius 2 is 2.00 bits per heavy atom. The number of ether oxygens (including phenoxy) is 1. The van der Waals surface area contributed by atoms with Gasteiger partial charge in [0.2, 0.25) is 0 Å². The van der Waals surface area contributed by atoms with Crippen molar-refractivity contribution in [2.45, 2.75) is 31.3 Å². The molecule has 0 bridgehead atoms. The Balaban J connectivity index is 1.47. The number of nitrogens with one attached hydrogen (secondary N) is 1. The second-order valence-electron chi connectivity index (χ2n) is 5.31. The monoisotopic (exact) mass is 285 g/mol. The van der Waals surface area contributed by atoms with Gasteiger partial charge in [0.05, 0.1) is 5.92 Å². The van der Waals surface area contributed by atoms with Crippen LogP contribution >= 0.6 is 0 Å². The van der Waals surface area contributed by atoms with Crippen LogP contribution in [-0.2, 0) is 16.1 Å². The summed E-state index contributed by atoms with van der Waals surface area (Å²) in [7, 11) is 0. The van der Waals surface area contributed by atoms with E-state index in [1.54, 1.807) is 0 Å². The third-order valence-electron chi connectivity index (χ3n) is 3.96. The van der Waals surface area contributed by atoms with Crippen LogP contribution in [-0.4, -0.2) is 24.2 Å². The molecule has 1 N–H and O–H groups in total. The van der Waals surface area contributed by atoms with Gasteiger partial charge in [0.25, 0.3) is 0 Å². The van der Waals surface area contributed by atoms with Crippen molar-refractivity contribution in [1.82, 2.24) is 5.32 Å². The third kappa shape index (κ3) is 2.52. The van der Waals surface area contributed by atoms with Crippen LogP contribution in [0.2, 0.25) is 0 Å². The molecule has 6 heteroatoms. The third-order valence-corrected chi connectivity index (χ3v) is 3.96. The maximum atomic E-state index is 12.5. The topological polar surface area (TPSA) is 38.3 Å². The molecule has 3 rings (SSSR count). The number of esters is 1. The van der Waals surface area contributed by atoms with Crippen molar-refractivity contribution < 1.29 is 22.7 Å². The highest BCUT2D eigenvalue weighted by molar-refractivity contribution is 5.76. The number of hydrogen-bond donors (Lipinski definition) is 1. The van der Waals surface area contributed by atoms with E-state index in [9.17, 15) is 18.0 Å². The molecule has 4 atom stereocenters. The Kier molecular flexibility index (Phi) is 3.20. The van der Waals surface area contributed by atoms with E-state index in [2.05, 4.69) is 5.32 Å². The predicted octanol–water partition coefficient (Wildman–Crippen LogP) is 2.27. The highest BCUT2D eigenvalue weighted by Crippen LogP contribution is 2.55. The van der Waals surface area contributed by atoms with Crippen LogP contribution in [0.4, 0.5) is 13.2 Å². The van der Waals surface area contributed by atoms with E-state index in [1.165, 1.54) is 0 Å². The van der Waals surface area contributed by atoms with Crippen LogP contribution in [0.15, 0.2) is 30.3 Å². The number of rotatable bonds is 3. The van der Waals surface area contributed by atoms with E-state index in [0.29, 0.717) is 0 Å². The molecule has 2 aliphatic rings. The summed E-state index contributed by atoms with van der Waals surface area (Å²) in [5.74, 6) is -2.23. The van der Waals surface area contributed by atoms with Crippen molar-refractivity contribution in [2.24, 2.45) is 11.8 Å². The molecule has 108 valence electrons. The summed E-state index contributed by atoms with van der Waals surface area (Å²) in [6.07, 6.45) is -3.95. The first kappa shape index (κ1) is 13.4. The van der Waals surface area contributed by atoms with E-state index in [4.69, 9.17) is 4.74 Å². The molecule has 1 saturated heterocycles. The van der Waals surface area contributed by atoms with Crippen molar-refractivity contribution in [3.63, 3.8) is 0 Å². The van der Waals surface area contributed by atoms with E-state index < -0.39 is 36.1 Å². The lowest BCUT2D eigenvalue weighted by Crippen LogP contribution is -2.38. The number of hydrogen-bond acceptors (Lipinski definition) is 3. The number of fused-ring (bicyclic) bond motifs is 1. The first-order chi connectivity index (χ1) is 9.47. The van der Waals surface area contributed by atoms with Gasteiger partial charge in [-0.2, -0.15) is 13.2 Å². The lowest BCUT2D eigenvalue weighted by molar-refractivity contribution is -0.158. The average Bonchev–Trinajstić information content (AvgIpc) is 2.95. The van der Waals surface area contributed by atoms with Crippen molar-refractivity contribution in [2.75, 3.05) is 0 Å². The predicted molar refractivity (Wildman–Crippen MR) is 64.6 cm³/mol. The van der Waals surface area contributed by atoms with Crippen LogP contribution in [0, 0.1) is 11.8 Å². The number of carbonyl (C=O) groups excluding carboxylic acids is 1. The minimum atomic E-state index is -4.17. The normalized spacial score (nSPS) is 31.8. The maximum Gasteiger partial charge on any atom is 0.393 e. The molecule has 1 aromatic rings. The van der Waals surface area contributed by atoms with Crippen LogP contribution in [0.25, 0.3) is 0 Å². The summed E-state index contributed by atoms with van der Waals surface area (Å²) in [5.41, 5.74) is 0.858. The van der Waals surface area contributed by atoms with Crippen molar-refractivity contribution in [3.05, 3.63) is 35.9 Å². The summed E-state index contributed by atoms with van der Waals surface area (Å²) < 4.78 is 42.6. The quantitative estimate of drug-likeness (QED) is 0.866. The van der Waals surface area contributed by atoms with E-state index in [1.807, 2.05) is 30.3 Å². The minimum Gasteiger partial charge on any atom is -0.460 e. The Hall–Kier alpha value is -1.56. The van der Waals surface area contributed by atoms with Gasteiger partial charge in [0, 0.05) is 6.04 Å². The fraction of sp³-hybridized carbons (Fsp3) is 0.500. The molecule has 2 fully saturated rings. The number of piperidine rings is 1. The highest BCUT2D eigenvalue weighted by atomic mass is 19.4. The zero-order valence-corrected chi connectivity index (χ0v) is 10.6. The molecule has 1 aliphatic heterocycles. The maximum absolute atomic E-state index is 12.5. The van der Waals surface area contributed by atoms with Gasteiger partial charge >= 0.3 is 12.1 Å². The van der Waals surface area contributed by atoms with Crippen LogP contribution in [0.5, 0.6) is 0 Å². The average molecular weight is 285 g/mol. The van der Waals surface area contributed by atoms with E-state index in [-0.39, 0.29) is 13.0 Å². The fourth-order valence-electron chi connectivity index (χ4n) is 2.91. The molecule has 20 heavy (non-hydrogen) atoms. The molecule has 0 amide bonds. The molecule has 1 heterocycles. The second-order valence-corrected chi connectivity index (χ2v) is 5.31. The summed E-state index contributed by atoms with van der Waals surface area (Å²) in [5, 5.41) is 2.73. The van der Waals surface area contributed by atoms with Crippen LogP contribution in [0.3, 0.4) is 0 Å². The zero-order valence-electron chi connectivity index (χ0n) is 10.6. The van der Waals surface area contributed by atoms with E-state index in [0.717, 1.165) is 5.56 Å². The molecule has 3 nitrogen and oxygen atoms in total. The van der Waals surface area contributed by atoms with Gasteiger partial charge < -0.3 is 10.1 Å². The first-order valence-corrected chi connectivity index (χ1v) is 6.50. The van der Waals surface area contributed by atoms with Gasteiger partial charge in [0.15, 0.2) is 0 Å². The number of benzene rings is 1. The smallest absolute Gasteiger partial charge is 0.393 e. The lowest BCUT2D eigenvalue weighted by Gasteiger charge is -2.16. The summed E-state index contributed by atoms with van der Waals surface area (Å²) >= 11 is 0. The molecule has 0 radical (unpaired) electrons. The Bertz CT molecular complexity index is 491. The Morgan fingerprint density at radius 3 is 2.55 bits per heavy atom. The van der Waals surface area contributed by atoms with Crippen molar-refractivity contribution in [3.8, 4) is 0 Å². The van der Waals surface area contributed by atoms with Gasteiger partial charge in [-0.05, 0) is 17.9 Å². The SMILES string of the molecule is O=C(OCc1ccccc1)[C@@H]1C[C@@H]2[C@H](N1)[C@H]2C(F)(F)F. The minimum absolute atomic E-state index is 0.149. The van der Waals surface area contributed by atoms with Gasteiger partial charge in [-0.15, -0.1) is 0 Å². The Labute approximate surface area is 114 Å². The fourth-order valence-corrected chi connectivity index (χ4v) is 2.91. The van der Waals surface area contributed by atoms with Gasteiger partial charge in [-0.25, -0.2) is 0 Å². The van der Waals surface area contributed by atoms with Gasteiger partial charge in [-0.1, -0.05) is 30.3 Å². The highest BCUT2D eigenvalue weighted by Gasteiger charge is 2.68. The standard InChI is InChI=1S/C14H14F3NO2/c15-14(16,17)11-9-6-10(18-12(9)11)13(19)20-7-8-4-2-1-3-5-8/h1-5,9-12,18H,6-7H2/t9-,10-,11-,12-/m0/s1. The summed E-state index contributed by atoms with van der Waals surface area (Å²) in [6.45, 7) is 0.149. The largest absolute Gasteiger partial charge is 0.460 e. The summed E-state index contributed by atoms with van der Waals surface area (Å²) in [6, 6.07) is 7.96. The zero-order chi connectivity index (χ0) is 14.3. The lowest BCUT2D eigenvalue weighted by atomic mass is 10.1. The molecular formula is C14H14F3NO2. The number of halogens is 3. The first-order valence-electron chi connectivity index (χ1n) is 6.50. The molecule has 1 saturated carbocycles.